The van der Waals surface area contributed by atoms with Crippen molar-refractivity contribution in [2.45, 2.75) is 27.2 Å². The molecule has 0 bridgehead atoms. The van der Waals surface area contributed by atoms with Crippen LogP contribution in [0.15, 0.2) is 54.1 Å². The predicted molar refractivity (Wildman–Crippen MR) is 77.7 cm³/mol. The molecule has 0 aliphatic carbocycles. The third-order valence-corrected chi connectivity index (χ3v) is 2.80. The summed E-state index contributed by atoms with van der Waals surface area (Å²) in [6.45, 7) is 10.1. The van der Waals surface area contributed by atoms with Crippen LogP contribution in [-0.4, -0.2) is 0 Å². The minimum Gasteiger partial charge on any atom is -0.398 e. The molecule has 0 aliphatic heterocycles. The smallest absolute Gasteiger partial charge is 0.0390 e. The molecule has 0 fully saturated rings. The van der Waals surface area contributed by atoms with Crippen molar-refractivity contribution in [3.8, 4) is 0 Å². The van der Waals surface area contributed by atoms with Gasteiger partial charge in [-0.2, -0.15) is 0 Å². The number of anilines is 1. The monoisotopic (exact) mass is 227 g/mol. The van der Waals surface area contributed by atoms with Gasteiger partial charge in [-0.3, -0.25) is 0 Å². The maximum absolute atomic E-state index is 5.99. The quantitative estimate of drug-likeness (QED) is 0.591. The first-order valence-electron chi connectivity index (χ1n) is 5.94. The molecule has 0 aromatic heterocycles. The summed E-state index contributed by atoms with van der Waals surface area (Å²) >= 11 is 0. The molecule has 0 aliphatic rings. The van der Waals surface area contributed by atoms with Crippen molar-refractivity contribution in [3.05, 3.63) is 59.7 Å². The Bertz CT molecular complexity index is 464. The number of nitrogen functional groups attached to an aromatic ring is 1. The number of rotatable bonds is 4. The molecule has 1 rings (SSSR count). The van der Waals surface area contributed by atoms with Crippen LogP contribution in [0.25, 0.3) is 5.57 Å². The topological polar surface area (TPSA) is 26.0 Å². The van der Waals surface area contributed by atoms with E-state index in [1.165, 1.54) is 11.1 Å². The summed E-state index contributed by atoms with van der Waals surface area (Å²) in [6.07, 6.45) is 5.16. The van der Waals surface area contributed by atoms with Gasteiger partial charge in [0.25, 0.3) is 0 Å². The second-order valence-electron chi connectivity index (χ2n) is 4.27. The first-order chi connectivity index (χ1) is 8.06. The zero-order chi connectivity index (χ0) is 12.8. The van der Waals surface area contributed by atoms with E-state index in [9.17, 15) is 0 Å². The van der Waals surface area contributed by atoms with Crippen LogP contribution in [-0.2, 0) is 0 Å². The molecule has 0 saturated carbocycles. The second-order valence-corrected chi connectivity index (χ2v) is 4.27. The number of benzene rings is 1. The van der Waals surface area contributed by atoms with Crippen molar-refractivity contribution in [1.29, 1.82) is 0 Å². The third kappa shape index (κ3) is 3.63. The summed E-state index contributed by atoms with van der Waals surface area (Å²) < 4.78 is 0. The van der Waals surface area contributed by atoms with E-state index in [2.05, 4.69) is 32.6 Å². The van der Waals surface area contributed by atoms with Gasteiger partial charge in [0.05, 0.1) is 0 Å². The Labute approximate surface area is 104 Å². The Balaban J connectivity index is 3.17. The maximum atomic E-state index is 5.99. The largest absolute Gasteiger partial charge is 0.398 e. The highest BCUT2D eigenvalue weighted by Crippen LogP contribution is 2.26. The number of para-hydroxylation sites is 1. The highest BCUT2D eigenvalue weighted by Gasteiger charge is 2.03. The molecule has 0 spiro atoms. The summed E-state index contributed by atoms with van der Waals surface area (Å²) in [6, 6.07) is 7.98. The van der Waals surface area contributed by atoms with Gasteiger partial charge in [0.15, 0.2) is 0 Å². The fourth-order valence-electron chi connectivity index (χ4n) is 1.76. The molecule has 2 N–H and O–H groups in total. The van der Waals surface area contributed by atoms with Crippen LogP contribution >= 0.6 is 0 Å². The summed E-state index contributed by atoms with van der Waals surface area (Å²) in [5, 5.41) is 0. The molecule has 0 amide bonds. The minimum absolute atomic E-state index is 0.833. The van der Waals surface area contributed by atoms with Crippen LogP contribution < -0.4 is 5.73 Å². The number of allylic oxidation sites excluding steroid dienone is 5. The average molecular weight is 227 g/mol. The SMILES string of the molecule is C=C(C)/C=C\C(CC)=C(/C)c1ccccc1N. The van der Waals surface area contributed by atoms with E-state index in [1.807, 2.05) is 31.2 Å². The first-order valence-corrected chi connectivity index (χ1v) is 5.94. The summed E-state index contributed by atoms with van der Waals surface area (Å²) in [5.41, 5.74) is 11.5. The molecule has 17 heavy (non-hydrogen) atoms. The lowest BCUT2D eigenvalue weighted by Crippen LogP contribution is -1.93. The van der Waals surface area contributed by atoms with Crippen LogP contribution in [0.2, 0.25) is 0 Å². The van der Waals surface area contributed by atoms with Gasteiger partial charge in [0.1, 0.15) is 0 Å². The third-order valence-electron chi connectivity index (χ3n) is 2.80. The average Bonchev–Trinajstić information content (AvgIpc) is 2.29. The minimum atomic E-state index is 0.833. The van der Waals surface area contributed by atoms with Gasteiger partial charge in [0, 0.05) is 11.3 Å². The van der Waals surface area contributed by atoms with Gasteiger partial charge in [0.2, 0.25) is 0 Å². The molecular weight excluding hydrogens is 206 g/mol. The van der Waals surface area contributed by atoms with Gasteiger partial charge >= 0.3 is 0 Å². The van der Waals surface area contributed by atoms with Crippen molar-refractivity contribution < 1.29 is 0 Å². The standard InChI is InChI=1S/C16H21N/c1-5-14(11-10-12(2)3)13(4)15-8-6-7-9-16(15)17/h6-11H,2,5,17H2,1,3-4H3/b11-10-,14-13+. The zero-order valence-electron chi connectivity index (χ0n) is 11.0. The van der Waals surface area contributed by atoms with Gasteiger partial charge in [-0.05, 0) is 37.5 Å². The second kappa shape index (κ2) is 6.09. The molecule has 0 radical (unpaired) electrons. The number of nitrogens with two attached hydrogens (primary N) is 1. The molecule has 0 atom stereocenters. The molecule has 0 heterocycles. The van der Waals surface area contributed by atoms with Crippen LogP contribution in [0, 0.1) is 0 Å². The normalized spacial score (nSPS) is 12.6. The van der Waals surface area contributed by atoms with Gasteiger partial charge in [-0.1, -0.05) is 49.4 Å². The van der Waals surface area contributed by atoms with Crippen LogP contribution in [0.1, 0.15) is 32.8 Å². The van der Waals surface area contributed by atoms with Crippen LogP contribution in [0.5, 0.6) is 0 Å². The first kappa shape index (κ1) is 13.3. The van der Waals surface area contributed by atoms with E-state index in [0.717, 1.165) is 23.2 Å². The van der Waals surface area contributed by atoms with E-state index >= 15 is 0 Å². The Morgan fingerprint density at radius 1 is 1.24 bits per heavy atom. The van der Waals surface area contributed by atoms with Crippen LogP contribution in [0.3, 0.4) is 0 Å². The van der Waals surface area contributed by atoms with Crippen molar-refractivity contribution in [2.75, 3.05) is 5.73 Å². The van der Waals surface area contributed by atoms with E-state index in [0.29, 0.717) is 0 Å². The Hall–Kier alpha value is -1.76. The lowest BCUT2D eigenvalue weighted by molar-refractivity contribution is 1.15. The van der Waals surface area contributed by atoms with E-state index in [-0.39, 0.29) is 0 Å². The Kier molecular flexibility index (Phi) is 4.77. The van der Waals surface area contributed by atoms with E-state index in [4.69, 9.17) is 5.73 Å². The van der Waals surface area contributed by atoms with Gasteiger partial charge < -0.3 is 5.73 Å². The molecule has 1 aromatic carbocycles. The van der Waals surface area contributed by atoms with Crippen LogP contribution in [0.4, 0.5) is 5.69 Å². The Morgan fingerprint density at radius 3 is 2.41 bits per heavy atom. The molecule has 0 saturated heterocycles. The lowest BCUT2D eigenvalue weighted by atomic mass is 9.97. The molecule has 0 unspecified atom stereocenters. The summed E-state index contributed by atoms with van der Waals surface area (Å²) in [4.78, 5) is 0. The lowest BCUT2D eigenvalue weighted by Gasteiger charge is -2.09. The number of hydrogen-bond acceptors (Lipinski definition) is 1. The van der Waals surface area contributed by atoms with Gasteiger partial charge in [-0.15, -0.1) is 0 Å². The fourth-order valence-corrected chi connectivity index (χ4v) is 1.76. The van der Waals surface area contributed by atoms with Gasteiger partial charge in [-0.25, -0.2) is 0 Å². The zero-order valence-corrected chi connectivity index (χ0v) is 11.0. The summed E-state index contributed by atoms with van der Waals surface area (Å²) in [7, 11) is 0. The highest BCUT2D eigenvalue weighted by molar-refractivity contribution is 5.77. The predicted octanol–water partition coefficient (Wildman–Crippen LogP) is 4.58. The Morgan fingerprint density at radius 2 is 1.88 bits per heavy atom. The van der Waals surface area contributed by atoms with Crippen molar-refractivity contribution in [3.63, 3.8) is 0 Å². The molecule has 90 valence electrons. The molecular formula is C16H21N. The molecule has 1 aromatic rings. The fraction of sp³-hybridized carbons (Fsp3) is 0.250. The van der Waals surface area contributed by atoms with E-state index < -0.39 is 0 Å². The molecule has 1 heteroatoms. The highest BCUT2D eigenvalue weighted by atomic mass is 14.6. The maximum Gasteiger partial charge on any atom is 0.0390 e. The van der Waals surface area contributed by atoms with Crippen molar-refractivity contribution in [2.24, 2.45) is 0 Å². The molecule has 1 nitrogen and oxygen atoms in total. The van der Waals surface area contributed by atoms with E-state index in [1.54, 1.807) is 0 Å². The summed E-state index contributed by atoms with van der Waals surface area (Å²) in [5.74, 6) is 0. The number of hydrogen-bond donors (Lipinski definition) is 1. The van der Waals surface area contributed by atoms with Crippen molar-refractivity contribution in [1.82, 2.24) is 0 Å². The van der Waals surface area contributed by atoms with Crippen molar-refractivity contribution >= 4 is 11.3 Å².